The molecule has 281 valence electrons. The van der Waals surface area contributed by atoms with Crippen molar-refractivity contribution in [2.75, 3.05) is 0 Å². The normalized spacial score (nSPS) is 12.1. The average Bonchev–Trinajstić information content (AvgIpc) is 3.44. The van der Waals surface area contributed by atoms with Crippen molar-refractivity contribution in [1.29, 1.82) is 0 Å². The summed E-state index contributed by atoms with van der Waals surface area (Å²) in [6.07, 6.45) is 5.99. The Hall–Kier alpha value is -3.53. The molecule has 0 amide bonds. The van der Waals surface area contributed by atoms with E-state index < -0.39 is 0 Å². The van der Waals surface area contributed by atoms with E-state index in [9.17, 15) is 9.90 Å². The molecule has 0 aliphatic rings. The van der Waals surface area contributed by atoms with Crippen molar-refractivity contribution in [3.63, 3.8) is 0 Å². The summed E-state index contributed by atoms with van der Waals surface area (Å²) in [4.78, 5) is 16.8. The molecular formula is C47H60IrNO3-. The van der Waals surface area contributed by atoms with E-state index in [1.54, 1.807) is 0 Å². The summed E-state index contributed by atoms with van der Waals surface area (Å²) in [5.41, 5.74) is 11.3. The summed E-state index contributed by atoms with van der Waals surface area (Å²) in [6.45, 7) is 25.9. The van der Waals surface area contributed by atoms with E-state index >= 15 is 0 Å². The molecule has 0 saturated carbocycles. The number of allylic oxidation sites excluding steroid dienone is 2. The zero-order valence-corrected chi connectivity index (χ0v) is 36.0. The maximum atomic E-state index is 11.7. The number of pyridine rings is 1. The van der Waals surface area contributed by atoms with E-state index in [4.69, 9.17) is 9.40 Å². The van der Waals surface area contributed by atoms with Gasteiger partial charge in [-0.05, 0) is 86.5 Å². The number of benzene rings is 3. The number of rotatable bonds is 11. The predicted molar refractivity (Wildman–Crippen MR) is 217 cm³/mol. The monoisotopic (exact) mass is 879 g/mol. The summed E-state index contributed by atoms with van der Waals surface area (Å²) in [5, 5.41) is 12.1. The Morgan fingerprint density at radius 3 is 2.04 bits per heavy atom. The van der Waals surface area contributed by atoms with E-state index in [1.807, 2.05) is 40.7 Å². The van der Waals surface area contributed by atoms with Crippen LogP contribution in [0.3, 0.4) is 0 Å². The van der Waals surface area contributed by atoms with Crippen LogP contribution in [0.25, 0.3) is 44.3 Å². The van der Waals surface area contributed by atoms with Gasteiger partial charge in [0, 0.05) is 55.3 Å². The molecule has 2 aromatic heterocycles. The molecule has 1 N–H and O–H groups in total. The number of fused-ring (bicyclic) bond motifs is 2. The van der Waals surface area contributed by atoms with Crippen molar-refractivity contribution in [2.45, 2.75) is 121 Å². The van der Waals surface area contributed by atoms with Gasteiger partial charge in [-0.3, -0.25) is 9.78 Å². The van der Waals surface area contributed by atoms with E-state index in [0.717, 1.165) is 71.2 Å². The summed E-state index contributed by atoms with van der Waals surface area (Å²) in [5.74, 6) is 2.05. The van der Waals surface area contributed by atoms with Crippen molar-refractivity contribution in [3.8, 4) is 22.4 Å². The van der Waals surface area contributed by atoms with Crippen LogP contribution in [0.5, 0.6) is 0 Å². The molecule has 2 heterocycles. The first kappa shape index (κ1) is 42.9. The number of aryl methyl sites for hydroxylation is 3. The topological polar surface area (TPSA) is 63.3 Å². The van der Waals surface area contributed by atoms with Gasteiger partial charge in [0.2, 0.25) is 0 Å². The molecule has 52 heavy (non-hydrogen) atoms. The van der Waals surface area contributed by atoms with Crippen LogP contribution < -0.4 is 0 Å². The van der Waals surface area contributed by atoms with Gasteiger partial charge in [0.1, 0.15) is 11.3 Å². The minimum Gasteiger partial charge on any atom is -0.512 e. The number of hydrogen-bond acceptors (Lipinski definition) is 4. The maximum absolute atomic E-state index is 11.7. The Morgan fingerprint density at radius 2 is 1.48 bits per heavy atom. The van der Waals surface area contributed by atoms with Crippen LogP contribution in [0.1, 0.15) is 116 Å². The molecule has 0 aliphatic heterocycles. The van der Waals surface area contributed by atoms with Gasteiger partial charge in [-0.2, -0.15) is 0 Å². The Bertz CT molecular complexity index is 1980. The largest absolute Gasteiger partial charge is 0.512 e. The molecule has 1 radical (unpaired) electrons. The molecule has 0 fully saturated rings. The second-order valence-corrected chi connectivity index (χ2v) is 15.7. The summed E-state index contributed by atoms with van der Waals surface area (Å²) < 4.78 is 6.22. The van der Waals surface area contributed by atoms with Crippen molar-refractivity contribution in [3.05, 3.63) is 101 Å². The molecule has 0 saturated heterocycles. The third kappa shape index (κ3) is 10.1. The SMILES string of the molecule is CCC(CC)C(=O)/C=C(\O)C(CC)CC.Cc1cc2nc(-c3[c-]c4ccccc4c(C(C)(C)C)c3)cc(-c3c(C)cc(CC(C)C)cc3C)c2o1.[Ir]. The van der Waals surface area contributed by atoms with E-state index in [1.165, 1.54) is 39.3 Å². The number of nitrogens with zero attached hydrogens (tertiary/aromatic N) is 1. The minimum absolute atomic E-state index is 0. The number of aliphatic hydroxyl groups is 1. The number of ketones is 1. The first-order chi connectivity index (χ1) is 24.1. The average molecular weight is 879 g/mol. The molecular weight excluding hydrogens is 819 g/mol. The van der Waals surface area contributed by atoms with Gasteiger partial charge in [-0.25, -0.2) is 0 Å². The fraction of sp³-hybridized carbons (Fsp3) is 0.447. The van der Waals surface area contributed by atoms with Gasteiger partial charge in [-0.1, -0.05) is 110 Å². The van der Waals surface area contributed by atoms with Gasteiger partial charge in [-0.15, -0.1) is 29.1 Å². The van der Waals surface area contributed by atoms with Crippen LogP contribution in [0, 0.1) is 44.6 Å². The maximum Gasteiger partial charge on any atom is 0.162 e. The smallest absolute Gasteiger partial charge is 0.162 e. The van der Waals surface area contributed by atoms with Gasteiger partial charge >= 0.3 is 0 Å². The third-order valence-corrected chi connectivity index (χ3v) is 10.0. The second kappa shape index (κ2) is 18.5. The Labute approximate surface area is 326 Å². The molecule has 0 bridgehead atoms. The van der Waals surface area contributed by atoms with Gasteiger partial charge in [0.15, 0.2) is 11.4 Å². The first-order valence-corrected chi connectivity index (χ1v) is 19.0. The molecule has 0 aliphatic carbocycles. The Kier molecular flexibility index (Phi) is 15.2. The van der Waals surface area contributed by atoms with E-state index in [-0.39, 0.29) is 48.9 Å². The van der Waals surface area contributed by atoms with Crippen LogP contribution >= 0.6 is 0 Å². The van der Waals surface area contributed by atoms with Crippen LogP contribution in [-0.2, 0) is 36.7 Å². The van der Waals surface area contributed by atoms with Crippen LogP contribution in [0.2, 0.25) is 0 Å². The number of hydrogen-bond donors (Lipinski definition) is 1. The van der Waals surface area contributed by atoms with Crippen molar-refractivity contribution < 1.29 is 34.4 Å². The summed E-state index contributed by atoms with van der Waals surface area (Å²) in [7, 11) is 0. The third-order valence-electron chi connectivity index (χ3n) is 10.0. The molecule has 0 atom stereocenters. The number of carbonyl (C=O) groups is 1. The number of aromatic nitrogens is 1. The standard InChI is InChI=1S/C34H36NO.C13H24O2.Ir/c1-20(2)13-24-14-21(3)32(22(4)15-24)28-19-30(35-31-16-23(5)36-33(28)31)26-17-25-11-9-10-12-27(25)29(18-26)34(6,7)8;1-5-10(6-2)12(14)9-13(15)11(7-3)8-4;/h9-12,14-16,18-20H,13H2,1-8H3;9-11,14H,5-8H2,1-4H3;/q-1;;/b;12-9-;. The Balaban J connectivity index is 0.000000389. The van der Waals surface area contributed by atoms with Gasteiger partial charge in [0.05, 0.1) is 5.76 Å². The first-order valence-electron chi connectivity index (χ1n) is 19.0. The zero-order valence-electron chi connectivity index (χ0n) is 33.6. The molecule has 5 heteroatoms. The molecule has 5 aromatic rings. The summed E-state index contributed by atoms with van der Waals surface area (Å²) in [6, 6.07) is 23.4. The fourth-order valence-corrected chi connectivity index (χ4v) is 7.30. The number of aliphatic hydroxyl groups excluding tert-OH is 1. The van der Waals surface area contributed by atoms with Crippen LogP contribution in [0.15, 0.2) is 70.8 Å². The molecule has 0 unspecified atom stereocenters. The molecule has 4 nitrogen and oxygen atoms in total. The van der Waals surface area contributed by atoms with Crippen molar-refractivity contribution in [1.82, 2.24) is 4.98 Å². The fourth-order valence-electron chi connectivity index (χ4n) is 7.30. The zero-order chi connectivity index (χ0) is 37.6. The minimum atomic E-state index is 0. The number of carbonyl (C=O) groups excluding carboxylic acids is 1. The number of furan rings is 1. The molecule has 3 aromatic carbocycles. The van der Waals surface area contributed by atoms with E-state index in [0.29, 0.717) is 5.92 Å². The molecule has 0 spiro atoms. The quantitative estimate of drug-likeness (QED) is 0.0816. The second-order valence-electron chi connectivity index (χ2n) is 15.7. The summed E-state index contributed by atoms with van der Waals surface area (Å²) >= 11 is 0. The van der Waals surface area contributed by atoms with Crippen molar-refractivity contribution in [2.24, 2.45) is 17.8 Å². The van der Waals surface area contributed by atoms with Gasteiger partial charge in [0.25, 0.3) is 0 Å². The van der Waals surface area contributed by atoms with Crippen molar-refractivity contribution >= 4 is 27.7 Å². The van der Waals surface area contributed by atoms with Crippen LogP contribution in [0.4, 0.5) is 0 Å². The predicted octanol–water partition coefficient (Wildman–Crippen LogP) is 13.4. The van der Waals surface area contributed by atoms with Gasteiger partial charge < -0.3 is 9.52 Å². The molecule has 5 rings (SSSR count). The van der Waals surface area contributed by atoms with E-state index in [2.05, 4.69) is 103 Å². The van der Waals surface area contributed by atoms with Crippen LogP contribution in [-0.4, -0.2) is 15.9 Å². The Morgan fingerprint density at radius 1 is 0.885 bits per heavy atom.